The molecule has 164 valence electrons. The van der Waals surface area contributed by atoms with Crippen LogP contribution in [-0.4, -0.2) is 42.4 Å². The van der Waals surface area contributed by atoms with Crippen LogP contribution in [0.1, 0.15) is 37.0 Å². The van der Waals surface area contributed by atoms with E-state index in [1.807, 2.05) is 0 Å². The van der Waals surface area contributed by atoms with Crippen LogP contribution < -0.4 is 5.32 Å². The van der Waals surface area contributed by atoms with Gasteiger partial charge in [0.25, 0.3) is 5.91 Å². The van der Waals surface area contributed by atoms with Gasteiger partial charge in [0, 0.05) is 35.4 Å². The highest BCUT2D eigenvalue weighted by atomic mass is 32.2. The van der Waals surface area contributed by atoms with Crippen molar-refractivity contribution in [3.8, 4) is 0 Å². The summed E-state index contributed by atoms with van der Waals surface area (Å²) in [4.78, 5) is 39.9. The molecule has 0 atom stereocenters. The van der Waals surface area contributed by atoms with Gasteiger partial charge in [-0.25, -0.2) is 4.39 Å². The number of likely N-dealkylation sites (tertiary alicyclic amines) is 1. The molecular formula is C23H25FN2O4S. The zero-order valence-corrected chi connectivity index (χ0v) is 18.3. The van der Waals surface area contributed by atoms with E-state index in [9.17, 15) is 18.8 Å². The summed E-state index contributed by atoms with van der Waals surface area (Å²) >= 11 is 1.37. The van der Waals surface area contributed by atoms with Crippen LogP contribution in [0.3, 0.4) is 0 Å². The lowest BCUT2D eigenvalue weighted by Gasteiger charge is -2.31. The maximum absolute atomic E-state index is 13.2. The number of nitrogens with one attached hydrogen (secondary N) is 1. The zero-order chi connectivity index (χ0) is 22.4. The summed E-state index contributed by atoms with van der Waals surface area (Å²) in [6.07, 6.45) is 1.14. The average Bonchev–Trinajstić information content (AvgIpc) is 2.76. The summed E-state index contributed by atoms with van der Waals surface area (Å²) in [7, 11) is 0. The number of piperidine rings is 1. The Morgan fingerprint density at radius 3 is 2.42 bits per heavy atom. The van der Waals surface area contributed by atoms with Gasteiger partial charge in [-0.3, -0.25) is 14.4 Å². The van der Waals surface area contributed by atoms with E-state index in [0.717, 1.165) is 9.79 Å². The second-order valence-electron chi connectivity index (χ2n) is 7.27. The van der Waals surface area contributed by atoms with Crippen LogP contribution in [0.25, 0.3) is 0 Å². The van der Waals surface area contributed by atoms with Crippen LogP contribution in [0.4, 0.5) is 10.1 Å². The molecule has 1 aliphatic heterocycles. The third kappa shape index (κ3) is 6.07. The number of carbonyl (C=O) groups excluding carboxylic acids is 3. The number of hydrogen-bond donors (Lipinski definition) is 1. The van der Waals surface area contributed by atoms with Crippen molar-refractivity contribution in [3.05, 3.63) is 53.8 Å². The molecule has 1 heterocycles. The maximum atomic E-state index is 13.2. The summed E-state index contributed by atoms with van der Waals surface area (Å²) < 4.78 is 18.2. The van der Waals surface area contributed by atoms with Gasteiger partial charge >= 0.3 is 5.97 Å². The highest BCUT2D eigenvalue weighted by molar-refractivity contribution is 7.99. The molecule has 2 aromatic rings. The van der Waals surface area contributed by atoms with Crippen LogP contribution in [0.15, 0.2) is 52.3 Å². The van der Waals surface area contributed by atoms with Gasteiger partial charge in [0.2, 0.25) is 5.91 Å². The number of carbonyl (C=O) groups is 3. The van der Waals surface area contributed by atoms with Crippen LogP contribution in [0, 0.1) is 11.7 Å². The van der Waals surface area contributed by atoms with Gasteiger partial charge in [0.1, 0.15) is 5.82 Å². The number of ether oxygens (including phenoxy) is 1. The molecule has 1 aliphatic rings. The molecular weight excluding hydrogens is 419 g/mol. The minimum atomic E-state index is -0.320. The first-order valence-electron chi connectivity index (χ1n) is 10.2. The summed E-state index contributed by atoms with van der Waals surface area (Å²) in [5.74, 6) is -1.09. The Labute approximate surface area is 185 Å². The first kappa shape index (κ1) is 22.8. The van der Waals surface area contributed by atoms with Crippen LogP contribution >= 0.6 is 11.8 Å². The lowest BCUT2D eigenvalue weighted by Crippen LogP contribution is -2.40. The van der Waals surface area contributed by atoms with E-state index in [1.165, 1.54) is 30.8 Å². The van der Waals surface area contributed by atoms with Crippen molar-refractivity contribution in [1.82, 2.24) is 4.90 Å². The lowest BCUT2D eigenvalue weighted by molar-refractivity contribution is -0.149. The van der Waals surface area contributed by atoms with E-state index < -0.39 is 0 Å². The second-order valence-corrected chi connectivity index (χ2v) is 8.38. The fraction of sp³-hybridized carbons (Fsp3) is 0.348. The number of rotatable bonds is 6. The normalized spacial score (nSPS) is 14.2. The third-order valence-corrected chi connectivity index (χ3v) is 6.06. The molecule has 0 spiro atoms. The molecule has 1 N–H and O–H groups in total. The highest BCUT2D eigenvalue weighted by Gasteiger charge is 2.29. The molecule has 1 saturated heterocycles. The number of benzene rings is 2. The predicted molar refractivity (Wildman–Crippen MR) is 117 cm³/mol. The fourth-order valence-corrected chi connectivity index (χ4v) is 4.31. The molecule has 6 nitrogen and oxygen atoms in total. The SMILES string of the molecule is CCOC(=O)C1CCN(C(=O)c2ccc(Sc3ccc(F)cc3)c(NC(C)=O)c2)CC1. The summed E-state index contributed by atoms with van der Waals surface area (Å²) in [6.45, 7) is 4.49. The van der Waals surface area contributed by atoms with Crippen molar-refractivity contribution in [2.45, 2.75) is 36.5 Å². The molecule has 31 heavy (non-hydrogen) atoms. The van der Waals surface area contributed by atoms with Crippen molar-refractivity contribution in [1.29, 1.82) is 0 Å². The number of anilines is 1. The molecule has 0 aromatic heterocycles. The summed E-state index contributed by atoms with van der Waals surface area (Å²) in [5, 5.41) is 2.77. The van der Waals surface area contributed by atoms with E-state index in [0.29, 0.717) is 43.8 Å². The van der Waals surface area contributed by atoms with Crippen LogP contribution in [0.2, 0.25) is 0 Å². The van der Waals surface area contributed by atoms with Crippen molar-refractivity contribution >= 4 is 35.2 Å². The van der Waals surface area contributed by atoms with E-state index >= 15 is 0 Å². The Hall–Kier alpha value is -2.87. The Balaban J connectivity index is 1.74. The number of esters is 1. The number of halogens is 1. The lowest BCUT2D eigenvalue weighted by atomic mass is 9.96. The summed E-state index contributed by atoms with van der Waals surface area (Å²) in [5.41, 5.74) is 0.982. The Morgan fingerprint density at radius 2 is 1.81 bits per heavy atom. The van der Waals surface area contributed by atoms with Gasteiger partial charge in [0.15, 0.2) is 0 Å². The smallest absolute Gasteiger partial charge is 0.309 e. The van der Waals surface area contributed by atoms with Gasteiger partial charge in [-0.15, -0.1) is 0 Å². The monoisotopic (exact) mass is 444 g/mol. The molecule has 1 fully saturated rings. The Bertz CT molecular complexity index is 957. The Kier molecular flexibility index (Phi) is 7.68. The standard InChI is InChI=1S/C23H25FN2O4S/c1-3-30-23(29)16-10-12-26(13-11-16)22(28)17-4-9-21(20(14-17)25-15(2)27)31-19-7-5-18(24)6-8-19/h4-9,14,16H,3,10-13H2,1-2H3,(H,25,27). The highest BCUT2D eigenvalue weighted by Crippen LogP contribution is 2.35. The first-order chi connectivity index (χ1) is 14.9. The zero-order valence-electron chi connectivity index (χ0n) is 17.5. The average molecular weight is 445 g/mol. The van der Waals surface area contributed by atoms with Gasteiger partial charge in [0.05, 0.1) is 18.2 Å². The minimum absolute atomic E-state index is 0.146. The number of nitrogens with zero attached hydrogens (tertiary/aromatic N) is 1. The number of hydrogen-bond acceptors (Lipinski definition) is 5. The second kappa shape index (κ2) is 10.4. The van der Waals surface area contributed by atoms with Crippen LogP contribution in [-0.2, 0) is 14.3 Å². The van der Waals surface area contributed by atoms with E-state index in [2.05, 4.69) is 5.32 Å². The van der Waals surface area contributed by atoms with Crippen molar-refractivity contribution in [2.75, 3.05) is 25.0 Å². The quantitative estimate of drug-likeness (QED) is 0.671. The molecule has 8 heteroatoms. The van der Waals surface area contributed by atoms with Crippen molar-refractivity contribution in [2.24, 2.45) is 5.92 Å². The summed E-state index contributed by atoms with van der Waals surface area (Å²) in [6, 6.07) is 11.2. The van der Waals surface area contributed by atoms with E-state index in [1.54, 1.807) is 42.2 Å². The Morgan fingerprint density at radius 1 is 1.13 bits per heavy atom. The van der Waals surface area contributed by atoms with E-state index in [4.69, 9.17) is 4.74 Å². The molecule has 2 aromatic carbocycles. The molecule has 3 rings (SSSR count). The fourth-order valence-electron chi connectivity index (χ4n) is 3.43. The van der Waals surface area contributed by atoms with Gasteiger partial charge < -0.3 is 15.0 Å². The molecule has 0 bridgehead atoms. The third-order valence-electron chi connectivity index (χ3n) is 4.98. The predicted octanol–water partition coefficient (Wildman–Crippen LogP) is 4.35. The molecule has 0 radical (unpaired) electrons. The first-order valence-corrected chi connectivity index (χ1v) is 11.0. The molecule has 2 amide bonds. The topological polar surface area (TPSA) is 75.7 Å². The molecule has 0 aliphatic carbocycles. The molecule has 0 saturated carbocycles. The minimum Gasteiger partial charge on any atom is -0.466 e. The van der Waals surface area contributed by atoms with Crippen molar-refractivity contribution < 1.29 is 23.5 Å². The van der Waals surface area contributed by atoms with Gasteiger partial charge in [-0.1, -0.05) is 11.8 Å². The van der Waals surface area contributed by atoms with Crippen molar-refractivity contribution in [3.63, 3.8) is 0 Å². The molecule has 0 unspecified atom stereocenters. The number of amides is 2. The van der Waals surface area contributed by atoms with Gasteiger partial charge in [-0.2, -0.15) is 0 Å². The van der Waals surface area contributed by atoms with Crippen LogP contribution in [0.5, 0.6) is 0 Å². The largest absolute Gasteiger partial charge is 0.466 e. The maximum Gasteiger partial charge on any atom is 0.309 e. The van der Waals surface area contributed by atoms with E-state index in [-0.39, 0.29) is 29.5 Å². The van der Waals surface area contributed by atoms with Gasteiger partial charge in [-0.05, 0) is 62.2 Å².